The third-order valence-corrected chi connectivity index (χ3v) is 6.83. The van der Waals surface area contributed by atoms with E-state index in [0.29, 0.717) is 0 Å². The second-order valence-electron chi connectivity index (χ2n) is 7.76. The van der Waals surface area contributed by atoms with Gasteiger partial charge in [-0.15, -0.1) is 0 Å². The quantitative estimate of drug-likeness (QED) is 0.748. The fraction of sp³-hybridized carbons (Fsp3) is 0.684. The Bertz CT molecular complexity index is 535. The topological polar surface area (TPSA) is 20.2 Å². The Morgan fingerprint density at radius 1 is 1.15 bits per heavy atom. The highest BCUT2D eigenvalue weighted by atomic mass is 16.3. The molecule has 1 aromatic carbocycles. The van der Waals surface area contributed by atoms with Crippen LogP contribution >= 0.6 is 0 Å². The zero-order chi connectivity index (χ0) is 13.9. The first-order valence-electron chi connectivity index (χ1n) is 8.37. The highest BCUT2D eigenvalue weighted by molar-refractivity contribution is 5.38. The van der Waals surface area contributed by atoms with Crippen LogP contribution < -0.4 is 0 Å². The van der Waals surface area contributed by atoms with Crippen LogP contribution in [-0.2, 0) is 6.42 Å². The van der Waals surface area contributed by atoms with Crippen LogP contribution in [-0.4, -0.2) is 11.2 Å². The lowest BCUT2D eigenvalue weighted by Crippen LogP contribution is -2.43. The van der Waals surface area contributed by atoms with Gasteiger partial charge in [-0.05, 0) is 79.7 Å². The Hall–Kier alpha value is -0.820. The zero-order valence-corrected chi connectivity index (χ0v) is 12.7. The van der Waals surface area contributed by atoms with E-state index in [1.807, 2.05) is 0 Å². The summed E-state index contributed by atoms with van der Waals surface area (Å²) >= 11 is 0. The lowest BCUT2D eigenvalue weighted by molar-refractivity contribution is -0.0226. The number of aryl methyl sites for hydroxylation is 2. The van der Waals surface area contributed by atoms with E-state index in [4.69, 9.17) is 0 Å². The first kappa shape index (κ1) is 12.9. The highest BCUT2D eigenvalue weighted by Crippen LogP contribution is 2.60. The molecule has 20 heavy (non-hydrogen) atoms. The molecule has 108 valence electrons. The fourth-order valence-electron chi connectivity index (χ4n) is 5.66. The van der Waals surface area contributed by atoms with Crippen LogP contribution in [0.5, 0.6) is 0 Å². The van der Waals surface area contributed by atoms with Crippen LogP contribution in [0.4, 0.5) is 0 Å². The monoisotopic (exact) mass is 270 g/mol. The molecule has 0 bridgehead atoms. The fourth-order valence-corrected chi connectivity index (χ4v) is 5.66. The molecule has 2 fully saturated rings. The molecule has 0 aliphatic heterocycles. The van der Waals surface area contributed by atoms with E-state index in [9.17, 15) is 5.11 Å². The van der Waals surface area contributed by atoms with Crippen molar-refractivity contribution in [3.8, 4) is 0 Å². The molecule has 4 rings (SSSR count). The van der Waals surface area contributed by atoms with E-state index in [1.165, 1.54) is 37.7 Å². The van der Waals surface area contributed by atoms with Crippen molar-refractivity contribution < 1.29 is 5.11 Å². The number of aliphatic hydroxyl groups excluding tert-OH is 1. The molecule has 3 aliphatic rings. The van der Waals surface area contributed by atoms with Crippen molar-refractivity contribution in [1.29, 1.82) is 0 Å². The average Bonchev–Trinajstić information content (AvgIpc) is 2.74. The van der Waals surface area contributed by atoms with E-state index in [2.05, 4.69) is 32.0 Å². The number of aliphatic hydroxyl groups is 1. The van der Waals surface area contributed by atoms with Crippen molar-refractivity contribution in [2.75, 3.05) is 0 Å². The zero-order valence-electron chi connectivity index (χ0n) is 12.7. The maximum absolute atomic E-state index is 10.4. The Morgan fingerprint density at radius 3 is 2.85 bits per heavy atom. The lowest BCUT2D eigenvalue weighted by atomic mass is 9.55. The van der Waals surface area contributed by atoms with Gasteiger partial charge in [-0.3, -0.25) is 0 Å². The third kappa shape index (κ3) is 1.65. The van der Waals surface area contributed by atoms with Gasteiger partial charge in [0, 0.05) is 0 Å². The number of rotatable bonds is 0. The highest BCUT2D eigenvalue weighted by Gasteiger charge is 2.54. The molecule has 0 amide bonds. The summed E-state index contributed by atoms with van der Waals surface area (Å²) in [7, 11) is 0. The van der Waals surface area contributed by atoms with Gasteiger partial charge in [0.15, 0.2) is 0 Å². The molecule has 5 atom stereocenters. The van der Waals surface area contributed by atoms with Gasteiger partial charge in [-0.1, -0.05) is 30.7 Å². The molecular weight excluding hydrogens is 244 g/mol. The Morgan fingerprint density at radius 2 is 2.00 bits per heavy atom. The van der Waals surface area contributed by atoms with Crippen LogP contribution in [0.3, 0.4) is 0 Å². The second kappa shape index (κ2) is 4.34. The van der Waals surface area contributed by atoms with Crippen molar-refractivity contribution in [3.05, 3.63) is 34.9 Å². The summed E-state index contributed by atoms with van der Waals surface area (Å²) in [6.07, 6.45) is 7.32. The summed E-state index contributed by atoms with van der Waals surface area (Å²) in [4.78, 5) is 0. The minimum atomic E-state index is -0.0487. The minimum absolute atomic E-state index is 0.0487. The molecule has 0 radical (unpaired) electrons. The summed E-state index contributed by atoms with van der Waals surface area (Å²) in [5, 5.41) is 10.4. The van der Waals surface area contributed by atoms with Gasteiger partial charge < -0.3 is 5.11 Å². The average molecular weight is 270 g/mol. The van der Waals surface area contributed by atoms with Gasteiger partial charge in [0.1, 0.15) is 0 Å². The van der Waals surface area contributed by atoms with Crippen molar-refractivity contribution in [2.45, 2.75) is 64.4 Å². The first-order valence-corrected chi connectivity index (χ1v) is 8.37. The van der Waals surface area contributed by atoms with Crippen LogP contribution in [0.25, 0.3) is 0 Å². The summed E-state index contributed by atoms with van der Waals surface area (Å²) in [6, 6.07) is 7.07. The summed E-state index contributed by atoms with van der Waals surface area (Å²) < 4.78 is 0. The summed E-state index contributed by atoms with van der Waals surface area (Å²) in [5.74, 6) is 2.34. The predicted molar refractivity (Wildman–Crippen MR) is 81.8 cm³/mol. The van der Waals surface area contributed by atoms with E-state index >= 15 is 0 Å². The Labute approximate surface area is 122 Å². The van der Waals surface area contributed by atoms with E-state index in [1.54, 1.807) is 11.1 Å². The molecular formula is C19H26O. The molecule has 0 spiro atoms. The van der Waals surface area contributed by atoms with Crippen LogP contribution in [0.1, 0.15) is 61.6 Å². The van der Waals surface area contributed by atoms with Crippen LogP contribution in [0.2, 0.25) is 0 Å². The van der Waals surface area contributed by atoms with E-state index in [-0.39, 0.29) is 11.5 Å². The van der Waals surface area contributed by atoms with Gasteiger partial charge in [-0.2, -0.15) is 0 Å². The predicted octanol–water partition coefficient (Wildman–Crippen LogP) is 4.21. The third-order valence-electron chi connectivity index (χ3n) is 6.83. The van der Waals surface area contributed by atoms with Crippen LogP contribution in [0.15, 0.2) is 18.2 Å². The van der Waals surface area contributed by atoms with Gasteiger partial charge >= 0.3 is 0 Å². The molecule has 2 saturated carbocycles. The number of fused-ring (bicyclic) bond motifs is 5. The number of hydrogen-bond donors (Lipinski definition) is 1. The molecule has 1 aromatic rings. The standard InChI is InChI=1S/C19H26O/c1-12-3-4-13-5-6-15-14(16(13)11-12)9-10-19(2)17(15)7-8-18(19)20/h3-4,11,14-15,17-18,20H,5-10H2,1-2H3/t14-,15+,17-,18-,19-/m0/s1. The van der Waals surface area contributed by atoms with E-state index < -0.39 is 0 Å². The molecule has 0 unspecified atom stereocenters. The summed E-state index contributed by atoms with van der Waals surface area (Å²) in [6.45, 7) is 4.58. The smallest absolute Gasteiger partial charge is 0.0596 e. The molecule has 1 heteroatoms. The molecule has 1 nitrogen and oxygen atoms in total. The minimum Gasteiger partial charge on any atom is -0.393 e. The molecule has 0 heterocycles. The maximum atomic E-state index is 10.4. The summed E-state index contributed by atoms with van der Waals surface area (Å²) in [5.41, 5.74) is 4.86. The largest absolute Gasteiger partial charge is 0.393 e. The van der Waals surface area contributed by atoms with Crippen LogP contribution in [0, 0.1) is 24.2 Å². The normalized spacial score (nSPS) is 42.8. The molecule has 1 N–H and O–H groups in total. The van der Waals surface area contributed by atoms with Gasteiger partial charge in [0.2, 0.25) is 0 Å². The van der Waals surface area contributed by atoms with Crippen molar-refractivity contribution in [1.82, 2.24) is 0 Å². The Kier molecular flexibility index (Phi) is 2.79. The molecule has 0 aromatic heterocycles. The first-order chi connectivity index (χ1) is 9.59. The number of hydrogen-bond acceptors (Lipinski definition) is 1. The Balaban J connectivity index is 1.73. The van der Waals surface area contributed by atoms with Gasteiger partial charge in [0.25, 0.3) is 0 Å². The lowest BCUT2D eigenvalue weighted by Gasteiger charge is -2.50. The van der Waals surface area contributed by atoms with Gasteiger partial charge in [-0.25, -0.2) is 0 Å². The maximum Gasteiger partial charge on any atom is 0.0596 e. The van der Waals surface area contributed by atoms with E-state index in [0.717, 1.165) is 24.2 Å². The van der Waals surface area contributed by atoms with Gasteiger partial charge in [0.05, 0.1) is 6.10 Å². The SMILES string of the molecule is Cc1ccc2c(c1)[C@H]1CC[C@]3(C)[C@@H](O)CC[C@H]3[C@@H]1CC2. The van der Waals surface area contributed by atoms with Crippen molar-refractivity contribution in [2.24, 2.45) is 17.3 Å². The van der Waals surface area contributed by atoms with Crippen molar-refractivity contribution >= 4 is 0 Å². The second-order valence-corrected chi connectivity index (χ2v) is 7.76. The molecule has 3 aliphatic carbocycles. The molecule has 0 saturated heterocycles. The number of benzene rings is 1. The van der Waals surface area contributed by atoms with Crippen molar-refractivity contribution in [3.63, 3.8) is 0 Å².